The van der Waals surface area contributed by atoms with Gasteiger partial charge in [0.25, 0.3) is 0 Å². The normalized spacial score (nSPS) is 13.8. The van der Waals surface area contributed by atoms with Crippen LogP contribution >= 0.6 is 0 Å². The van der Waals surface area contributed by atoms with E-state index in [9.17, 15) is 19.5 Å². The lowest BCUT2D eigenvalue weighted by Crippen LogP contribution is -2.55. The maximum absolute atomic E-state index is 12.6. The minimum atomic E-state index is -1.14. The van der Waals surface area contributed by atoms with Gasteiger partial charge in [-0.2, -0.15) is 0 Å². The maximum Gasteiger partial charge on any atom is 0.306 e. The highest BCUT2D eigenvalue weighted by Crippen LogP contribution is 2.12. The molecule has 0 aliphatic carbocycles. The molecule has 290 valence electrons. The minimum Gasteiger partial charge on any atom is -0.544 e. The predicted molar refractivity (Wildman–Crippen MR) is 208 cm³/mol. The Morgan fingerprint density at radius 3 is 1.61 bits per heavy atom. The van der Waals surface area contributed by atoms with Crippen LogP contribution in [0.15, 0.2) is 72.9 Å². The van der Waals surface area contributed by atoms with Crippen molar-refractivity contribution in [3.63, 3.8) is 0 Å². The van der Waals surface area contributed by atoms with Gasteiger partial charge in [0.2, 0.25) is 0 Å². The molecule has 0 radical (unpaired) electrons. The fraction of sp³-hybridized carbons (Fsp3) is 0.651. The van der Waals surface area contributed by atoms with Gasteiger partial charge in [-0.15, -0.1) is 0 Å². The van der Waals surface area contributed by atoms with Crippen molar-refractivity contribution in [2.24, 2.45) is 0 Å². The number of esters is 2. The molecule has 0 spiro atoms. The first-order valence-corrected chi connectivity index (χ1v) is 19.5. The quantitative estimate of drug-likeness (QED) is 0.0290. The molecule has 0 bridgehead atoms. The summed E-state index contributed by atoms with van der Waals surface area (Å²) in [5.74, 6) is -1.86. The minimum absolute atomic E-state index is 0.0144. The smallest absolute Gasteiger partial charge is 0.306 e. The number of carboxylic acids is 1. The fourth-order valence-electron chi connectivity index (χ4n) is 5.12. The van der Waals surface area contributed by atoms with Gasteiger partial charge >= 0.3 is 11.9 Å². The third-order valence-corrected chi connectivity index (χ3v) is 8.10. The van der Waals surface area contributed by atoms with E-state index in [-0.39, 0.29) is 49.1 Å². The SMILES string of the molecule is CC/C=C/C/C=C/C/C=C/C/C=C/CCCCCCCCCC(=O)OC(COCCC(C(=O)[O-])[N+](C)(C)C)COC(=O)CC/C=C/C/C=C/CC. The molecule has 0 aromatic heterocycles. The van der Waals surface area contributed by atoms with Crippen LogP contribution in [0.5, 0.6) is 0 Å². The number of aliphatic carboxylic acids is 1. The summed E-state index contributed by atoms with van der Waals surface area (Å²) in [6, 6.07) is -0.736. The van der Waals surface area contributed by atoms with Crippen LogP contribution in [0.2, 0.25) is 0 Å². The van der Waals surface area contributed by atoms with Gasteiger partial charge in [-0.1, -0.05) is 119 Å². The van der Waals surface area contributed by atoms with E-state index in [1.165, 1.54) is 19.3 Å². The first-order chi connectivity index (χ1) is 24.6. The number of hydrogen-bond acceptors (Lipinski definition) is 7. The Labute approximate surface area is 311 Å². The summed E-state index contributed by atoms with van der Waals surface area (Å²) in [4.78, 5) is 36.5. The lowest BCUT2D eigenvalue weighted by Gasteiger charge is -2.34. The highest BCUT2D eigenvalue weighted by molar-refractivity contribution is 5.70. The van der Waals surface area contributed by atoms with E-state index < -0.39 is 18.1 Å². The Balaban J connectivity index is 4.35. The molecule has 0 aliphatic rings. The molecule has 0 saturated heterocycles. The van der Waals surface area contributed by atoms with Crippen molar-refractivity contribution in [2.45, 2.75) is 142 Å². The van der Waals surface area contributed by atoms with E-state index in [4.69, 9.17) is 14.2 Å². The monoisotopic (exact) mass is 714 g/mol. The second-order valence-electron chi connectivity index (χ2n) is 13.7. The summed E-state index contributed by atoms with van der Waals surface area (Å²) in [5.41, 5.74) is 0. The Bertz CT molecular complexity index is 1060. The number of unbranched alkanes of at least 4 members (excludes halogenated alkanes) is 7. The molecule has 0 amide bonds. The molecule has 0 aromatic carbocycles. The molecule has 0 aliphatic heterocycles. The van der Waals surface area contributed by atoms with E-state index >= 15 is 0 Å². The number of quaternary nitrogens is 1. The summed E-state index contributed by atoms with van der Waals surface area (Å²) in [6.07, 6.45) is 41.1. The van der Waals surface area contributed by atoms with E-state index in [1.807, 2.05) is 12.2 Å². The number of allylic oxidation sites excluding steroid dienone is 12. The average molecular weight is 714 g/mol. The molecule has 0 N–H and O–H groups in total. The van der Waals surface area contributed by atoms with Crippen LogP contribution in [0, 0.1) is 0 Å². The molecule has 51 heavy (non-hydrogen) atoms. The average Bonchev–Trinajstić information content (AvgIpc) is 3.08. The highest BCUT2D eigenvalue weighted by atomic mass is 16.6. The number of carboxylic acid groups (broad SMARTS) is 1. The van der Waals surface area contributed by atoms with Crippen molar-refractivity contribution in [1.82, 2.24) is 0 Å². The molecule has 0 saturated carbocycles. The predicted octanol–water partition coefficient (Wildman–Crippen LogP) is 8.68. The van der Waals surface area contributed by atoms with E-state index in [0.29, 0.717) is 12.8 Å². The van der Waals surface area contributed by atoms with E-state index in [2.05, 4.69) is 74.6 Å². The topological polar surface area (TPSA) is 102 Å². The van der Waals surface area contributed by atoms with Gasteiger partial charge in [0.05, 0.1) is 40.3 Å². The van der Waals surface area contributed by atoms with Gasteiger partial charge in [-0.25, -0.2) is 0 Å². The summed E-state index contributed by atoms with van der Waals surface area (Å²) >= 11 is 0. The molecule has 2 unspecified atom stereocenters. The van der Waals surface area contributed by atoms with Crippen LogP contribution in [0.3, 0.4) is 0 Å². The molecule has 2 atom stereocenters. The number of carbonyl (C=O) groups is 3. The van der Waals surface area contributed by atoms with Crippen LogP contribution in [0.1, 0.15) is 129 Å². The van der Waals surface area contributed by atoms with Crippen LogP contribution in [0.25, 0.3) is 0 Å². The molecule has 0 heterocycles. The van der Waals surface area contributed by atoms with Crippen LogP contribution in [-0.2, 0) is 28.6 Å². The summed E-state index contributed by atoms with van der Waals surface area (Å²) in [5, 5.41) is 11.6. The number of hydrogen-bond donors (Lipinski definition) is 0. The third-order valence-electron chi connectivity index (χ3n) is 8.10. The number of nitrogens with zero attached hydrogens (tertiary/aromatic N) is 1. The lowest BCUT2D eigenvalue weighted by molar-refractivity contribution is -0.889. The van der Waals surface area contributed by atoms with Crippen molar-refractivity contribution >= 4 is 17.9 Å². The van der Waals surface area contributed by atoms with Crippen molar-refractivity contribution in [1.29, 1.82) is 0 Å². The van der Waals surface area contributed by atoms with Gasteiger partial charge in [0.15, 0.2) is 6.10 Å². The lowest BCUT2D eigenvalue weighted by atomic mass is 10.1. The largest absolute Gasteiger partial charge is 0.544 e. The summed E-state index contributed by atoms with van der Waals surface area (Å²) in [7, 11) is 5.36. The van der Waals surface area contributed by atoms with Crippen molar-refractivity contribution in [2.75, 3.05) is 41.0 Å². The van der Waals surface area contributed by atoms with E-state index in [1.54, 1.807) is 21.1 Å². The van der Waals surface area contributed by atoms with Crippen LogP contribution < -0.4 is 5.11 Å². The summed E-state index contributed by atoms with van der Waals surface area (Å²) in [6.45, 7) is 4.29. The Morgan fingerprint density at radius 2 is 1.08 bits per heavy atom. The first kappa shape index (κ1) is 47.8. The molecular formula is C43H71NO7. The molecule has 0 aromatic rings. The summed E-state index contributed by atoms with van der Waals surface area (Å²) < 4.78 is 16.9. The van der Waals surface area contributed by atoms with Gasteiger partial charge < -0.3 is 28.6 Å². The van der Waals surface area contributed by atoms with Gasteiger partial charge in [-0.3, -0.25) is 9.59 Å². The highest BCUT2D eigenvalue weighted by Gasteiger charge is 2.25. The zero-order valence-electron chi connectivity index (χ0n) is 32.7. The molecule has 8 heteroatoms. The van der Waals surface area contributed by atoms with Gasteiger partial charge in [0.1, 0.15) is 12.6 Å². The fourth-order valence-corrected chi connectivity index (χ4v) is 5.12. The Hall–Kier alpha value is -3.23. The van der Waals surface area contributed by atoms with Crippen molar-refractivity contribution < 1.29 is 38.2 Å². The van der Waals surface area contributed by atoms with Gasteiger partial charge in [0, 0.05) is 19.3 Å². The number of likely N-dealkylation sites (N-methyl/N-ethyl adjacent to an activating group) is 1. The van der Waals surface area contributed by atoms with Crippen molar-refractivity contribution in [3.8, 4) is 0 Å². The molecule has 0 fully saturated rings. The van der Waals surface area contributed by atoms with E-state index in [0.717, 1.165) is 70.6 Å². The molecule has 0 rings (SSSR count). The first-order valence-electron chi connectivity index (χ1n) is 19.5. The Morgan fingerprint density at radius 1 is 0.588 bits per heavy atom. The standard InChI is InChI=1S/C43H71NO7/c1-6-8-10-12-14-15-16-17-18-19-20-21-22-23-24-25-26-28-30-32-34-42(46)51-39(37-49-36-35-40(43(47)48)44(3,4)5)38-50-41(45)33-31-29-27-13-11-9-7-2/h8-11,14-15,17-18,20-21,27,29,39-40H,6-7,12-13,16,19,22-26,28,30-38H2,1-5H3/b10-8+,11-9+,15-14+,18-17+,21-20+,29-27+. The van der Waals surface area contributed by atoms with Crippen LogP contribution in [0.4, 0.5) is 0 Å². The van der Waals surface area contributed by atoms with Crippen LogP contribution in [-0.4, -0.2) is 75.5 Å². The number of carbonyl (C=O) groups excluding carboxylic acids is 3. The Kier molecular flexibility index (Phi) is 31.7. The molecular weight excluding hydrogens is 642 g/mol. The second-order valence-corrected chi connectivity index (χ2v) is 13.7. The maximum atomic E-state index is 12.6. The third kappa shape index (κ3) is 32.4. The second kappa shape index (κ2) is 33.9. The zero-order valence-corrected chi connectivity index (χ0v) is 32.7. The molecule has 8 nitrogen and oxygen atoms in total. The number of ether oxygens (including phenoxy) is 3. The zero-order chi connectivity index (χ0) is 37.8. The van der Waals surface area contributed by atoms with Gasteiger partial charge in [-0.05, 0) is 64.2 Å². The van der Waals surface area contributed by atoms with Crippen molar-refractivity contribution in [3.05, 3.63) is 72.9 Å². The number of rotatable bonds is 33.